The fraction of sp³-hybridized carbons (Fsp3) is 0.900. The Morgan fingerprint density at radius 2 is 1.32 bits per heavy atom. The summed E-state index contributed by atoms with van der Waals surface area (Å²) in [5.41, 5.74) is 0. The van der Waals surface area contributed by atoms with Gasteiger partial charge in [0.15, 0.2) is 14.4 Å². The molecule has 0 heterocycles. The number of rotatable bonds is 8. The van der Waals surface area contributed by atoms with Gasteiger partial charge < -0.3 is 18.9 Å². The van der Waals surface area contributed by atoms with E-state index in [1.165, 1.54) is 0 Å². The molecule has 0 aliphatic carbocycles. The van der Waals surface area contributed by atoms with Gasteiger partial charge in [0.1, 0.15) is 0 Å². The molecule has 1 N–H and O–H groups in total. The van der Waals surface area contributed by atoms with E-state index in [2.05, 4.69) is 60.0 Å². The van der Waals surface area contributed by atoms with Crippen molar-refractivity contribution in [2.75, 3.05) is 13.2 Å². The Morgan fingerprint density at radius 1 is 0.857 bits per heavy atom. The lowest BCUT2D eigenvalue weighted by molar-refractivity contribution is -0.138. The zero-order valence-corrected chi connectivity index (χ0v) is 22.1. The van der Waals surface area contributed by atoms with Crippen molar-refractivity contribution in [3.05, 3.63) is 0 Å². The van der Waals surface area contributed by atoms with Crippen LogP contribution in [0, 0.1) is 5.92 Å². The van der Waals surface area contributed by atoms with Crippen LogP contribution in [0.3, 0.4) is 0 Å². The van der Waals surface area contributed by atoms with Gasteiger partial charge in [0, 0.05) is 0 Å². The second-order valence-electron chi connectivity index (χ2n) is 10.9. The van der Waals surface area contributed by atoms with Gasteiger partial charge in [-0.2, -0.15) is 0 Å². The molecule has 0 aromatic carbocycles. The molecule has 0 aromatic rings. The van der Waals surface area contributed by atoms with E-state index in [1.54, 1.807) is 0 Å². The van der Waals surface area contributed by atoms with E-state index in [0.29, 0.717) is 6.61 Å². The highest BCUT2D eigenvalue weighted by Gasteiger charge is 2.43. The van der Waals surface area contributed by atoms with E-state index in [0.717, 1.165) is 0 Å². The molecule has 1 unspecified atom stereocenters. The van der Waals surface area contributed by atoms with Crippen LogP contribution in [0.5, 0.6) is 0 Å². The van der Waals surface area contributed by atoms with Crippen LogP contribution in [-0.2, 0) is 18.4 Å². The Kier molecular flexibility index (Phi) is 9.46. The third kappa shape index (κ3) is 8.65. The average Bonchev–Trinajstić information content (AvgIpc) is 2.46. The fourth-order valence-corrected chi connectivity index (χ4v) is 3.55. The highest BCUT2D eigenvalue weighted by Crippen LogP contribution is 2.38. The molecule has 0 saturated carbocycles. The summed E-state index contributed by atoms with van der Waals surface area (Å²) in [5.74, 6) is -0.237. The molecule has 0 saturated heterocycles. The predicted molar refractivity (Wildman–Crippen MR) is 120 cm³/mol. The monoisotopic (exact) mass is 433 g/mol. The number of alkyl carbamates (subject to hydrolysis) is 1. The molecule has 0 aliphatic heterocycles. The van der Waals surface area contributed by atoms with E-state index in [-0.39, 0.29) is 22.6 Å². The average molecular weight is 434 g/mol. The summed E-state index contributed by atoms with van der Waals surface area (Å²) in [6.07, 6.45) is -0.621. The predicted octanol–water partition coefficient (Wildman–Crippen LogP) is 5.31. The molecular formula is C20H43NO5Si2. The van der Waals surface area contributed by atoms with Crippen molar-refractivity contribution in [3.63, 3.8) is 0 Å². The van der Waals surface area contributed by atoms with Gasteiger partial charge in [0.05, 0.1) is 13.2 Å². The van der Waals surface area contributed by atoms with Crippen molar-refractivity contribution in [1.29, 1.82) is 0 Å². The number of ether oxygens (including phenoxy) is 1. The Balaban J connectivity index is 5.33. The maximum absolute atomic E-state index is 12.9. The summed E-state index contributed by atoms with van der Waals surface area (Å²) in [7, 11) is -4.40. The lowest BCUT2D eigenvalue weighted by atomic mass is 10.2. The SMILES string of the molecule is CC(C)COC(=O)NC(CO[Si](C)(C)C(C)(C)C)C(=O)O[Si](C)(C)C(C)(C)C. The lowest BCUT2D eigenvalue weighted by Gasteiger charge is -2.38. The third-order valence-corrected chi connectivity index (χ3v) is 14.5. The molecule has 0 spiro atoms. The van der Waals surface area contributed by atoms with E-state index >= 15 is 0 Å². The number of amides is 1. The molecule has 0 rings (SSSR count). The van der Waals surface area contributed by atoms with Crippen LogP contribution in [-0.4, -0.2) is 48.0 Å². The maximum atomic E-state index is 12.9. The van der Waals surface area contributed by atoms with Crippen molar-refractivity contribution in [2.45, 2.75) is 97.7 Å². The summed E-state index contributed by atoms with van der Waals surface area (Å²) in [4.78, 5) is 25.1. The molecule has 0 bridgehead atoms. The van der Waals surface area contributed by atoms with Gasteiger partial charge >= 0.3 is 12.1 Å². The summed E-state index contributed by atoms with van der Waals surface area (Å²) < 4.78 is 17.3. The standard InChI is InChI=1S/C20H43NO5Si2/c1-15(2)13-24-18(23)21-16(14-25-27(9,10)19(3,4)5)17(22)26-28(11,12)20(6,7)8/h15-16H,13-14H2,1-12H3,(H,21,23). The number of carbonyl (C=O) groups excluding carboxylic acids is 2. The summed E-state index contributed by atoms with van der Waals surface area (Å²) in [6.45, 7) is 25.1. The highest BCUT2D eigenvalue weighted by atomic mass is 28.4. The van der Waals surface area contributed by atoms with Gasteiger partial charge in [-0.3, -0.25) is 4.79 Å². The Bertz CT molecular complexity index is 534. The van der Waals surface area contributed by atoms with Gasteiger partial charge in [-0.05, 0) is 42.2 Å². The van der Waals surface area contributed by atoms with Crippen LogP contribution < -0.4 is 5.32 Å². The van der Waals surface area contributed by atoms with Crippen LogP contribution >= 0.6 is 0 Å². The van der Waals surface area contributed by atoms with Gasteiger partial charge in [-0.15, -0.1) is 0 Å². The number of nitrogens with one attached hydrogen (secondary N) is 1. The number of carbonyl (C=O) groups is 2. The Labute approximate surface area is 174 Å². The lowest BCUT2D eigenvalue weighted by Crippen LogP contribution is -2.53. The molecule has 166 valence electrons. The van der Waals surface area contributed by atoms with E-state index in [1.807, 2.05) is 26.9 Å². The number of hydrogen-bond acceptors (Lipinski definition) is 5. The first-order valence-corrected chi connectivity index (χ1v) is 15.9. The fourth-order valence-electron chi connectivity index (χ4n) is 1.58. The second kappa shape index (κ2) is 9.76. The largest absolute Gasteiger partial charge is 0.518 e. The van der Waals surface area contributed by atoms with E-state index in [4.69, 9.17) is 13.6 Å². The van der Waals surface area contributed by atoms with Crippen LogP contribution in [0.1, 0.15) is 55.4 Å². The highest BCUT2D eigenvalue weighted by molar-refractivity contribution is 6.75. The van der Waals surface area contributed by atoms with Crippen LogP contribution in [0.15, 0.2) is 0 Å². The van der Waals surface area contributed by atoms with Gasteiger partial charge in [-0.25, -0.2) is 4.79 Å². The Morgan fingerprint density at radius 3 is 1.71 bits per heavy atom. The van der Waals surface area contributed by atoms with Gasteiger partial charge in [-0.1, -0.05) is 55.4 Å². The topological polar surface area (TPSA) is 73.9 Å². The van der Waals surface area contributed by atoms with Crippen molar-refractivity contribution >= 4 is 28.7 Å². The summed E-state index contributed by atoms with van der Waals surface area (Å²) in [6, 6.07) is -0.886. The zero-order valence-electron chi connectivity index (χ0n) is 20.1. The molecule has 8 heteroatoms. The minimum atomic E-state index is -2.32. The molecule has 1 amide bonds. The quantitative estimate of drug-likeness (QED) is 0.525. The first kappa shape index (κ1) is 27.1. The van der Waals surface area contributed by atoms with Crippen molar-refractivity contribution in [3.8, 4) is 0 Å². The molecule has 0 aliphatic rings. The van der Waals surface area contributed by atoms with E-state index < -0.39 is 34.7 Å². The molecule has 0 aromatic heterocycles. The molecule has 28 heavy (non-hydrogen) atoms. The molecule has 6 nitrogen and oxygen atoms in total. The van der Waals surface area contributed by atoms with Gasteiger partial charge in [0.25, 0.3) is 8.32 Å². The van der Waals surface area contributed by atoms with Crippen molar-refractivity contribution < 1.29 is 23.2 Å². The molecule has 0 fully saturated rings. The molecule has 1 atom stereocenters. The van der Waals surface area contributed by atoms with Crippen LogP contribution in [0.4, 0.5) is 4.79 Å². The zero-order chi connectivity index (χ0) is 22.6. The van der Waals surface area contributed by atoms with Crippen molar-refractivity contribution in [1.82, 2.24) is 5.32 Å². The number of hydrogen-bond donors (Lipinski definition) is 1. The van der Waals surface area contributed by atoms with Crippen molar-refractivity contribution in [2.24, 2.45) is 5.92 Å². The normalized spacial score (nSPS) is 14.6. The minimum absolute atomic E-state index is 0.000956. The molecular weight excluding hydrogens is 390 g/mol. The smallest absolute Gasteiger partial charge is 0.407 e. The van der Waals surface area contributed by atoms with E-state index in [9.17, 15) is 9.59 Å². The third-order valence-electron chi connectivity index (χ3n) is 5.70. The first-order valence-electron chi connectivity index (χ1n) is 10.1. The maximum Gasteiger partial charge on any atom is 0.407 e. The molecule has 0 radical (unpaired) electrons. The van der Waals surface area contributed by atoms with Gasteiger partial charge in [0.2, 0.25) is 0 Å². The van der Waals surface area contributed by atoms with Crippen LogP contribution in [0.2, 0.25) is 36.3 Å². The van der Waals surface area contributed by atoms with Crippen LogP contribution in [0.25, 0.3) is 0 Å². The second-order valence-corrected chi connectivity index (χ2v) is 20.5. The summed E-state index contributed by atoms with van der Waals surface area (Å²) in [5, 5.41) is 2.53. The summed E-state index contributed by atoms with van der Waals surface area (Å²) >= 11 is 0. The first-order chi connectivity index (χ1) is 12.3. The Hall–Kier alpha value is -0.866. The minimum Gasteiger partial charge on any atom is -0.518 e.